The first-order valence-electron chi connectivity index (χ1n) is 12.4. The summed E-state index contributed by atoms with van der Waals surface area (Å²) < 4.78 is 0. The van der Waals surface area contributed by atoms with E-state index < -0.39 is 0 Å². The van der Waals surface area contributed by atoms with E-state index >= 15 is 0 Å². The van der Waals surface area contributed by atoms with Crippen molar-refractivity contribution in [2.75, 3.05) is 58.8 Å². The number of hydrogen-bond donors (Lipinski definition) is 2. The largest absolute Gasteiger partial charge is 0.367 e. The number of nitrogens with one attached hydrogen (secondary N) is 2. The van der Waals surface area contributed by atoms with E-state index in [4.69, 9.17) is 4.98 Å². The maximum atomic E-state index is 4.83. The van der Waals surface area contributed by atoms with Crippen molar-refractivity contribution in [1.29, 1.82) is 0 Å². The Morgan fingerprint density at radius 3 is 2.69 bits per heavy atom. The van der Waals surface area contributed by atoms with Gasteiger partial charge in [0, 0.05) is 44.3 Å². The second kappa shape index (κ2) is 10.1. The maximum Gasteiger partial charge on any atom is 0.180 e. The van der Waals surface area contributed by atoms with Crippen molar-refractivity contribution < 1.29 is 0 Å². The number of nitrogens with zero attached hydrogens (tertiary/aromatic N) is 6. The summed E-state index contributed by atoms with van der Waals surface area (Å²) >= 11 is 0. The molecule has 0 bridgehead atoms. The number of pyridine rings is 1. The lowest BCUT2D eigenvalue weighted by molar-refractivity contribution is 0.313. The molecular formula is C28H34N8. The zero-order valence-electron chi connectivity index (χ0n) is 21.5. The van der Waals surface area contributed by atoms with Crippen molar-refractivity contribution in [2.45, 2.75) is 6.92 Å². The van der Waals surface area contributed by atoms with Crippen LogP contribution in [0.3, 0.4) is 0 Å². The summed E-state index contributed by atoms with van der Waals surface area (Å²) in [6.45, 7) is 10.9. The monoisotopic (exact) mass is 482 g/mol. The van der Waals surface area contributed by atoms with Gasteiger partial charge in [-0.2, -0.15) is 5.10 Å². The Morgan fingerprint density at radius 1 is 1.17 bits per heavy atom. The molecule has 0 aliphatic carbocycles. The molecule has 0 spiro atoms. The molecule has 0 amide bonds. The third kappa shape index (κ3) is 4.69. The van der Waals surface area contributed by atoms with Crippen LogP contribution in [-0.2, 0) is 0 Å². The van der Waals surface area contributed by atoms with Gasteiger partial charge in [0.2, 0.25) is 0 Å². The maximum absolute atomic E-state index is 4.83. The van der Waals surface area contributed by atoms with Gasteiger partial charge in [-0.1, -0.05) is 30.9 Å². The number of rotatable bonds is 7. The number of imidazole rings is 1. The zero-order chi connectivity index (χ0) is 25.2. The van der Waals surface area contributed by atoms with Gasteiger partial charge >= 0.3 is 0 Å². The predicted molar refractivity (Wildman–Crippen MR) is 149 cm³/mol. The van der Waals surface area contributed by atoms with Gasteiger partial charge in [0.15, 0.2) is 11.5 Å². The highest BCUT2D eigenvalue weighted by Gasteiger charge is 2.20. The number of anilines is 1. The molecule has 4 heterocycles. The van der Waals surface area contributed by atoms with Crippen LogP contribution in [-0.4, -0.2) is 88.8 Å². The van der Waals surface area contributed by atoms with Crippen LogP contribution >= 0.6 is 0 Å². The lowest BCUT2D eigenvalue weighted by Gasteiger charge is -2.34. The van der Waals surface area contributed by atoms with Crippen LogP contribution < -0.4 is 4.90 Å². The fraction of sp³-hybridized carbons (Fsp3) is 0.321. The minimum Gasteiger partial charge on any atom is -0.367 e. The molecule has 36 heavy (non-hydrogen) atoms. The number of fused-ring (bicyclic) bond motifs is 2. The van der Waals surface area contributed by atoms with E-state index in [1.807, 2.05) is 12.3 Å². The minimum absolute atomic E-state index is 0.713. The predicted octanol–water partition coefficient (Wildman–Crippen LogP) is 4.33. The van der Waals surface area contributed by atoms with Gasteiger partial charge in [0.1, 0.15) is 11.2 Å². The molecule has 1 aliphatic rings. The molecule has 8 heteroatoms. The Hall–Kier alpha value is -3.75. The molecule has 5 rings (SSSR count). The summed E-state index contributed by atoms with van der Waals surface area (Å²) in [5, 5.41) is 8.82. The number of H-pyrrole nitrogens is 2. The van der Waals surface area contributed by atoms with Crippen LogP contribution in [0.1, 0.15) is 12.5 Å². The lowest BCUT2D eigenvalue weighted by atomic mass is 10.00. The van der Waals surface area contributed by atoms with Crippen molar-refractivity contribution in [3.05, 3.63) is 66.4 Å². The van der Waals surface area contributed by atoms with E-state index in [0.29, 0.717) is 5.65 Å². The fourth-order valence-corrected chi connectivity index (χ4v) is 4.76. The molecule has 1 saturated heterocycles. The van der Waals surface area contributed by atoms with E-state index in [2.05, 4.69) is 106 Å². The van der Waals surface area contributed by atoms with Crippen molar-refractivity contribution in [2.24, 2.45) is 0 Å². The van der Waals surface area contributed by atoms with Crippen LogP contribution in [0.2, 0.25) is 0 Å². The highest BCUT2D eigenvalue weighted by Crippen LogP contribution is 2.32. The third-order valence-corrected chi connectivity index (χ3v) is 6.75. The van der Waals surface area contributed by atoms with E-state index in [-0.39, 0.29) is 0 Å². The van der Waals surface area contributed by atoms with Gasteiger partial charge in [0.25, 0.3) is 0 Å². The van der Waals surface area contributed by atoms with Crippen molar-refractivity contribution in [1.82, 2.24) is 34.9 Å². The molecule has 8 nitrogen and oxygen atoms in total. The molecule has 1 aromatic carbocycles. The molecular weight excluding hydrogens is 448 g/mol. The van der Waals surface area contributed by atoms with Gasteiger partial charge < -0.3 is 19.7 Å². The highest BCUT2D eigenvalue weighted by atomic mass is 15.3. The fourth-order valence-electron chi connectivity index (χ4n) is 4.76. The van der Waals surface area contributed by atoms with Gasteiger partial charge in [-0.05, 0) is 63.0 Å². The summed E-state index contributed by atoms with van der Waals surface area (Å²) in [6.07, 6.45) is 8.09. The average Bonchev–Trinajstić information content (AvgIpc) is 3.50. The number of likely N-dealkylation sites (N-methyl/N-ethyl adjacent to an activating group) is 2. The van der Waals surface area contributed by atoms with Gasteiger partial charge in [0.05, 0.1) is 11.2 Å². The van der Waals surface area contributed by atoms with Crippen molar-refractivity contribution in [3.63, 3.8) is 0 Å². The number of benzene rings is 1. The third-order valence-electron chi connectivity index (χ3n) is 6.75. The zero-order valence-corrected chi connectivity index (χ0v) is 21.5. The van der Waals surface area contributed by atoms with Crippen LogP contribution in [0.25, 0.3) is 39.2 Å². The number of allylic oxidation sites excluding steroid dienone is 3. The summed E-state index contributed by atoms with van der Waals surface area (Å²) in [4.78, 5) is 19.8. The molecule has 1 aliphatic heterocycles. The first kappa shape index (κ1) is 24.0. The van der Waals surface area contributed by atoms with Gasteiger partial charge in [-0.15, -0.1) is 0 Å². The second-order valence-electron chi connectivity index (χ2n) is 9.64. The van der Waals surface area contributed by atoms with Crippen LogP contribution in [0, 0.1) is 0 Å². The Balaban J connectivity index is 1.53. The SMILES string of the molecule is C=C/C(=C\C(=C/C)c1ccc2[nH]nc(-c3nc4nccc(N5CCN(C)CC5)c4[nH]3)c2c1)CN(C)C. The van der Waals surface area contributed by atoms with Crippen LogP contribution in [0.15, 0.2) is 60.8 Å². The van der Waals surface area contributed by atoms with Crippen molar-refractivity contribution >= 4 is 33.3 Å². The molecule has 0 atom stereocenters. The molecule has 0 unspecified atom stereocenters. The normalized spacial score (nSPS) is 16.0. The summed E-state index contributed by atoms with van der Waals surface area (Å²) in [6, 6.07) is 8.46. The van der Waals surface area contributed by atoms with Crippen LogP contribution in [0.5, 0.6) is 0 Å². The summed E-state index contributed by atoms with van der Waals surface area (Å²) in [5.74, 6) is 0.722. The van der Waals surface area contributed by atoms with E-state index in [1.54, 1.807) is 0 Å². The van der Waals surface area contributed by atoms with E-state index in [1.165, 1.54) is 5.57 Å². The topological polar surface area (TPSA) is 80.0 Å². The molecule has 3 aromatic heterocycles. The summed E-state index contributed by atoms with van der Waals surface area (Å²) in [7, 11) is 6.29. The molecule has 2 N–H and O–H groups in total. The molecule has 0 saturated carbocycles. The Kier molecular flexibility index (Phi) is 6.71. The molecule has 4 aromatic rings. The summed E-state index contributed by atoms with van der Waals surface area (Å²) in [5.41, 5.74) is 8.02. The van der Waals surface area contributed by atoms with Crippen LogP contribution in [0.4, 0.5) is 5.69 Å². The first-order chi connectivity index (χ1) is 17.5. The quantitative estimate of drug-likeness (QED) is 0.382. The number of aromatic nitrogens is 5. The molecule has 0 radical (unpaired) electrons. The molecule has 1 fully saturated rings. The first-order valence-corrected chi connectivity index (χ1v) is 12.4. The average molecular weight is 483 g/mol. The van der Waals surface area contributed by atoms with Gasteiger partial charge in [-0.25, -0.2) is 9.97 Å². The standard InChI is InChI=1S/C28H34N8/c1-6-19(18-34(3)4)16-20(7-2)21-8-9-23-22(17-21)25(33-32-23)28-30-26-24(10-11-29-27(26)31-28)36-14-12-35(5)13-15-36/h6-11,16-17H,1,12-15,18H2,2-5H3,(H,32,33)(H,29,30,31)/b19-16+,20-7+. The minimum atomic E-state index is 0.713. The van der Waals surface area contributed by atoms with E-state index in [9.17, 15) is 0 Å². The van der Waals surface area contributed by atoms with Crippen molar-refractivity contribution in [3.8, 4) is 11.5 Å². The van der Waals surface area contributed by atoms with E-state index in [0.717, 1.165) is 77.5 Å². The Bertz CT molecular complexity index is 1450. The number of piperazine rings is 1. The molecule has 186 valence electrons. The lowest BCUT2D eigenvalue weighted by Crippen LogP contribution is -2.44. The number of aromatic amines is 2. The van der Waals surface area contributed by atoms with Gasteiger partial charge in [-0.3, -0.25) is 5.10 Å². The second-order valence-corrected chi connectivity index (χ2v) is 9.64. The smallest absolute Gasteiger partial charge is 0.180 e. The number of hydrogen-bond acceptors (Lipinski definition) is 6. The Morgan fingerprint density at radius 2 is 1.97 bits per heavy atom. The Labute approximate surface area is 212 Å². The highest BCUT2D eigenvalue weighted by molar-refractivity contribution is 5.96.